The number of quaternary nitrogens is 1. The lowest BCUT2D eigenvalue weighted by atomic mass is 9.78. The molecule has 12 heteroatoms. The fourth-order valence-electron chi connectivity index (χ4n) is 4.58. The molecule has 1 heterocycles. The number of piperidine rings is 1. The molecule has 0 saturated carbocycles. The molecule has 36 heavy (non-hydrogen) atoms. The van der Waals surface area contributed by atoms with Crippen LogP contribution in [0.1, 0.15) is 46.1 Å². The number of aryl methyl sites for hydroxylation is 1. The molecular formula is C24H42ClN2O7S2+. The van der Waals surface area contributed by atoms with Crippen LogP contribution in [-0.4, -0.2) is 95.7 Å². The van der Waals surface area contributed by atoms with E-state index in [-0.39, 0.29) is 29.2 Å². The molecule has 0 amide bonds. The predicted octanol–water partition coefficient (Wildman–Crippen LogP) is 3.32. The average molecular weight is 570 g/mol. The van der Waals surface area contributed by atoms with E-state index in [0.717, 1.165) is 29.4 Å². The van der Waals surface area contributed by atoms with E-state index in [1.807, 2.05) is 4.42 Å². The number of nitrogens with zero attached hydrogens (tertiary/aromatic N) is 2. The van der Waals surface area contributed by atoms with Gasteiger partial charge in [0, 0.05) is 23.9 Å². The van der Waals surface area contributed by atoms with Crippen molar-refractivity contribution in [2.75, 3.05) is 52.8 Å². The first kappa shape index (κ1) is 31.4. The Morgan fingerprint density at radius 3 is 1.94 bits per heavy atom. The molecule has 0 atom stereocenters. The van der Waals surface area contributed by atoms with Crippen LogP contribution < -0.4 is 0 Å². The van der Waals surface area contributed by atoms with E-state index < -0.39 is 26.0 Å². The summed E-state index contributed by atoms with van der Waals surface area (Å²) in [6.45, 7) is 12.1. The molecular weight excluding hydrogens is 528 g/mol. The second kappa shape index (κ2) is 11.9. The Hall–Kier alpha value is -0.790. The Balaban J connectivity index is 1.69. The summed E-state index contributed by atoms with van der Waals surface area (Å²) < 4.78 is 66.7. The minimum Gasteiger partial charge on any atom is -0.378 e. The predicted molar refractivity (Wildman–Crippen MR) is 141 cm³/mol. The maximum atomic E-state index is 12.2. The highest BCUT2D eigenvalue weighted by Gasteiger charge is 2.49. The molecule has 2 rings (SSSR count). The third-order valence-electron chi connectivity index (χ3n) is 6.69. The number of halogens is 1. The molecule has 1 aromatic rings. The summed E-state index contributed by atoms with van der Waals surface area (Å²) in [6, 6.07) is 6.17. The summed E-state index contributed by atoms with van der Waals surface area (Å²) in [4.78, 5) is -0.215. The van der Waals surface area contributed by atoms with Crippen LogP contribution in [0.5, 0.6) is 0 Å². The molecule has 0 radical (unpaired) electrons. The molecule has 1 aliphatic heterocycles. The van der Waals surface area contributed by atoms with Crippen molar-refractivity contribution in [1.82, 2.24) is 4.42 Å². The quantitative estimate of drug-likeness (QED) is 0.203. The highest BCUT2D eigenvalue weighted by molar-refractivity contribution is 7.99. The average Bonchev–Trinajstić information content (AvgIpc) is 2.73. The van der Waals surface area contributed by atoms with Crippen LogP contribution in [0.2, 0.25) is 0 Å². The van der Waals surface area contributed by atoms with Gasteiger partial charge in [0.05, 0.1) is 51.5 Å². The summed E-state index contributed by atoms with van der Waals surface area (Å²) in [5, 5.41) is 0. The number of rotatable bonds is 13. The molecule has 0 bridgehead atoms. The van der Waals surface area contributed by atoms with Gasteiger partial charge in [-0.05, 0) is 58.5 Å². The molecule has 1 aromatic carbocycles. The van der Waals surface area contributed by atoms with E-state index in [9.17, 15) is 16.8 Å². The van der Waals surface area contributed by atoms with E-state index >= 15 is 0 Å². The van der Waals surface area contributed by atoms with Gasteiger partial charge in [-0.3, -0.25) is 0 Å². The van der Waals surface area contributed by atoms with Crippen molar-refractivity contribution in [2.24, 2.45) is 0 Å². The SMILES string of the molecule is Cc1ccc(S(=O)(=O)OS(=O)(=O)CCOCCOCC[N+](C)(C)C2CC(C)(C)N(Cl)C(C)(C)C2)cc1. The Kier molecular flexibility index (Phi) is 10.4. The van der Waals surface area contributed by atoms with E-state index in [2.05, 4.69) is 45.4 Å². The number of hydrogen-bond acceptors (Lipinski definition) is 8. The highest BCUT2D eigenvalue weighted by Crippen LogP contribution is 2.42. The van der Waals surface area contributed by atoms with Gasteiger partial charge < -0.3 is 14.0 Å². The third-order valence-corrected chi connectivity index (χ3v) is 10.7. The van der Waals surface area contributed by atoms with Crippen LogP contribution in [-0.2, 0) is 33.3 Å². The minimum absolute atomic E-state index is 0.109. The van der Waals surface area contributed by atoms with Gasteiger partial charge in [-0.1, -0.05) is 17.7 Å². The third kappa shape index (κ3) is 8.90. The van der Waals surface area contributed by atoms with Crippen LogP contribution in [0.15, 0.2) is 29.2 Å². The lowest BCUT2D eigenvalue weighted by molar-refractivity contribution is -0.918. The maximum Gasteiger partial charge on any atom is 0.311 e. The monoisotopic (exact) mass is 569 g/mol. The van der Waals surface area contributed by atoms with E-state index in [1.54, 1.807) is 19.1 Å². The fourth-order valence-corrected chi connectivity index (χ4v) is 7.19. The van der Waals surface area contributed by atoms with Crippen molar-refractivity contribution in [3.8, 4) is 0 Å². The molecule has 0 unspecified atom stereocenters. The van der Waals surface area contributed by atoms with Crippen molar-refractivity contribution >= 4 is 32.0 Å². The van der Waals surface area contributed by atoms with Gasteiger partial charge in [-0.15, -0.1) is 3.63 Å². The highest BCUT2D eigenvalue weighted by atomic mass is 35.5. The molecule has 9 nitrogen and oxygen atoms in total. The molecule has 0 spiro atoms. The fraction of sp³-hybridized carbons (Fsp3) is 0.750. The van der Waals surface area contributed by atoms with Crippen LogP contribution in [0.3, 0.4) is 0 Å². The lowest BCUT2D eigenvalue weighted by Gasteiger charge is -2.54. The first-order chi connectivity index (χ1) is 16.4. The zero-order valence-corrected chi connectivity index (χ0v) is 24.9. The smallest absolute Gasteiger partial charge is 0.311 e. The Morgan fingerprint density at radius 2 is 1.42 bits per heavy atom. The van der Waals surface area contributed by atoms with Crippen LogP contribution in [0, 0.1) is 6.92 Å². The summed E-state index contributed by atoms with van der Waals surface area (Å²) in [5.74, 6) is -0.577. The van der Waals surface area contributed by atoms with Gasteiger partial charge in [0.15, 0.2) is 0 Å². The molecule has 1 aliphatic rings. The van der Waals surface area contributed by atoms with Crippen molar-refractivity contribution in [3.05, 3.63) is 29.8 Å². The summed E-state index contributed by atoms with van der Waals surface area (Å²) in [7, 11) is -4.32. The van der Waals surface area contributed by atoms with Crippen LogP contribution >= 0.6 is 11.8 Å². The largest absolute Gasteiger partial charge is 0.378 e. The zero-order chi connectivity index (χ0) is 27.4. The van der Waals surface area contributed by atoms with Gasteiger partial charge in [0.2, 0.25) is 0 Å². The normalized spacial score (nSPS) is 19.4. The van der Waals surface area contributed by atoms with Gasteiger partial charge in [0.1, 0.15) is 12.3 Å². The van der Waals surface area contributed by atoms with Crippen LogP contribution in [0.25, 0.3) is 0 Å². The maximum absolute atomic E-state index is 12.2. The van der Waals surface area contributed by atoms with Crippen LogP contribution in [0.4, 0.5) is 0 Å². The number of ether oxygens (including phenoxy) is 2. The van der Waals surface area contributed by atoms with E-state index in [4.69, 9.17) is 21.3 Å². The second-order valence-electron chi connectivity index (χ2n) is 11.3. The van der Waals surface area contributed by atoms with E-state index in [1.165, 1.54) is 12.1 Å². The topological polar surface area (TPSA) is 99.2 Å². The molecule has 1 saturated heterocycles. The summed E-state index contributed by atoms with van der Waals surface area (Å²) in [6.07, 6.45) is 1.96. The van der Waals surface area contributed by atoms with E-state index in [0.29, 0.717) is 19.3 Å². The first-order valence-corrected chi connectivity index (χ1v) is 15.4. The molecule has 1 fully saturated rings. The first-order valence-electron chi connectivity index (χ1n) is 12.1. The minimum atomic E-state index is -4.41. The number of hydrogen-bond donors (Lipinski definition) is 0. The summed E-state index contributed by atoms with van der Waals surface area (Å²) in [5.41, 5.74) is 0.628. The zero-order valence-electron chi connectivity index (χ0n) is 22.5. The molecule has 208 valence electrons. The van der Waals surface area contributed by atoms with Crippen molar-refractivity contribution in [2.45, 2.75) is 69.5 Å². The van der Waals surface area contributed by atoms with Crippen molar-refractivity contribution in [1.29, 1.82) is 0 Å². The number of benzene rings is 1. The summed E-state index contributed by atoms with van der Waals surface area (Å²) >= 11 is 6.61. The lowest BCUT2D eigenvalue weighted by Crippen LogP contribution is -2.64. The van der Waals surface area contributed by atoms with Crippen molar-refractivity contribution < 1.29 is 34.4 Å². The van der Waals surface area contributed by atoms with Gasteiger partial charge in [-0.2, -0.15) is 16.8 Å². The van der Waals surface area contributed by atoms with Gasteiger partial charge in [0.25, 0.3) is 10.1 Å². The molecule has 0 aliphatic carbocycles. The van der Waals surface area contributed by atoms with Crippen molar-refractivity contribution in [3.63, 3.8) is 0 Å². The number of likely N-dealkylation sites (N-methyl/N-ethyl adjacent to an activating group) is 1. The standard InChI is InChI=1S/C24H42ClN2O7S2/c1-20-8-10-22(11-9-20)36(30,31)34-35(28,29)17-16-33-15-14-32-13-12-27(6,7)21-18-23(2,3)26(25)24(4,5)19-21/h8-11,21H,12-19H2,1-7H3/q+1. The Morgan fingerprint density at radius 1 is 0.917 bits per heavy atom. The van der Waals surface area contributed by atoms with Gasteiger partial charge >= 0.3 is 10.1 Å². The molecule has 0 N–H and O–H groups in total. The Labute approximate surface area is 222 Å². The molecule has 0 aromatic heterocycles. The Bertz CT molecular complexity index is 1050. The van der Waals surface area contributed by atoms with Gasteiger partial charge in [-0.25, -0.2) is 4.42 Å². The second-order valence-corrected chi connectivity index (χ2v) is 15.1.